The van der Waals surface area contributed by atoms with Gasteiger partial charge in [-0.3, -0.25) is 0 Å². The van der Waals surface area contributed by atoms with E-state index < -0.39 is 0 Å². The van der Waals surface area contributed by atoms with Crippen LogP contribution in [0.25, 0.3) is 0 Å². The first-order valence-corrected chi connectivity index (χ1v) is 4.32. The lowest BCUT2D eigenvalue weighted by molar-refractivity contribution is -0.117. The Kier molecular flexibility index (Phi) is 5.81. The van der Waals surface area contributed by atoms with Gasteiger partial charge in [0.1, 0.15) is 5.78 Å². The largest absolute Gasteiger partial charge is 0.300 e. The molecule has 0 aliphatic carbocycles. The molecule has 0 amide bonds. The summed E-state index contributed by atoms with van der Waals surface area (Å²) < 4.78 is 0. The van der Waals surface area contributed by atoms with Gasteiger partial charge in [-0.15, -0.1) is 0 Å². The van der Waals surface area contributed by atoms with Crippen LogP contribution in [0.5, 0.6) is 0 Å². The Bertz CT molecular complexity index is 145. The van der Waals surface area contributed by atoms with E-state index in [4.69, 9.17) is 0 Å². The molecule has 1 heteroatoms. The third kappa shape index (κ3) is 7.31. The second kappa shape index (κ2) is 6.14. The van der Waals surface area contributed by atoms with Gasteiger partial charge in [0.05, 0.1) is 0 Å². The number of hydrogen-bond donors (Lipinski definition) is 0. The van der Waals surface area contributed by atoms with Crippen molar-refractivity contribution in [2.75, 3.05) is 0 Å². The monoisotopic (exact) mass is 154 g/mol. The number of carbonyl (C=O) groups excluding carboxylic acids is 1. The van der Waals surface area contributed by atoms with E-state index in [1.54, 1.807) is 6.92 Å². The quantitative estimate of drug-likeness (QED) is 0.439. The molecule has 0 N–H and O–H groups in total. The maximum Gasteiger partial charge on any atom is 0.129 e. The molecule has 1 nitrogen and oxygen atoms in total. The van der Waals surface area contributed by atoms with Gasteiger partial charge < -0.3 is 4.79 Å². The summed E-state index contributed by atoms with van der Waals surface area (Å²) in [4.78, 5) is 10.5. The molecule has 0 saturated heterocycles. The van der Waals surface area contributed by atoms with Gasteiger partial charge in [0.2, 0.25) is 0 Å². The van der Waals surface area contributed by atoms with Crippen LogP contribution < -0.4 is 0 Å². The summed E-state index contributed by atoms with van der Waals surface area (Å²) in [6, 6.07) is 0. The zero-order valence-corrected chi connectivity index (χ0v) is 7.81. The van der Waals surface area contributed by atoms with Crippen molar-refractivity contribution in [1.82, 2.24) is 0 Å². The van der Waals surface area contributed by atoms with Gasteiger partial charge >= 0.3 is 0 Å². The van der Waals surface area contributed by atoms with Crippen LogP contribution in [0.2, 0.25) is 0 Å². The zero-order chi connectivity index (χ0) is 8.69. The van der Waals surface area contributed by atoms with E-state index >= 15 is 0 Å². The first kappa shape index (κ1) is 10.4. The molecule has 11 heavy (non-hydrogen) atoms. The van der Waals surface area contributed by atoms with E-state index in [0.29, 0.717) is 5.78 Å². The first-order valence-electron chi connectivity index (χ1n) is 4.32. The molecule has 64 valence electrons. The number of carbonyl (C=O) groups is 1. The minimum atomic E-state index is 0.299. The summed E-state index contributed by atoms with van der Waals surface area (Å²) in [5.74, 6) is 0.299. The number of hydrogen-bond acceptors (Lipinski definition) is 1. The lowest BCUT2D eigenvalue weighted by Crippen LogP contribution is -1.87. The zero-order valence-electron chi connectivity index (χ0n) is 7.81. The molecule has 0 aliphatic heterocycles. The van der Waals surface area contributed by atoms with E-state index in [-0.39, 0.29) is 0 Å². The fourth-order valence-electron chi connectivity index (χ4n) is 0.844. The Morgan fingerprint density at radius 1 is 1.36 bits per heavy atom. The maximum atomic E-state index is 10.5. The van der Waals surface area contributed by atoms with Crippen molar-refractivity contribution < 1.29 is 4.79 Å². The predicted molar refractivity (Wildman–Crippen MR) is 48.6 cm³/mol. The first-order chi connectivity index (χ1) is 5.16. The Hall–Kier alpha value is -0.590. The summed E-state index contributed by atoms with van der Waals surface area (Å²) in [5.41, 5.74) is 1.42. The molecule has 0 unspecified atom stereocenters. The molecule has 0 saturated carbocycles. The van der Waals surface area contributed by atoms with Gasteiger partial charge in [-0.05, 0) is 33.1 Å². The maximum absolute atomic E-state index is 10.5. The highest BCUT2D eigenvalue weighted by Crippen LogP contribution is 2.03. The number of ketones is 1. The van der Waals surface area contributed by atoms with Crippen molar-refractivity contribution in [3.8, 4) is 0 Å². The molecule has 0 aromatic rings. The third-order valence-electron chi connectivity index (χ3n) is 1.78. The predicted octanol–water partition coefficient (Wildman–Crippen LogP) is 3.10. The van der Waals surface area contributed by atoms with Crippen LogP contribution in [0.4, 0.5) is 0 Å². The Balaban J connectivity index is 3.33. The van der Waals surface area contributed by atoms with Crippen molar-refractivity contribution >= 4 is 5.78 Å². The van der Waals surface area contributed by atoms with Crippen molar-refractivity contribution in [2.24, 2.45) is 0 Å². The number of rotatable bonds is 5. The molecule has 0 radical (unpaired) electrons. The fraction of sp³-hybridized carbons (Fsp3) is 0.700. The highest BCUT2D eigenvalue weighted by Gasteiger charge is 1.91. The van der Waals surface area contributed by atoms with Crippen LogP contribution in [-0.4, -0.2) is 5.78 Å². The highest BCUT2D eigenvalue weighted by atomic mass is 16.1. The molecule has 0 aromatic heterocycles. The van der Waals surface area contributed by atoms with Crippen LogP contribution >= 0.6 is 0 Å². The molecule has 0 fully saturated rings. The molecule has 0 atom stereocenters. The molecule has 0 bridgehead atoms. The summed E-state index contributed by atoms with van der Waals surface area (Å²) in [5, 5.41) is 0. The van der Waals surface area contributed by atoms with E-state index in [2.05, 4.69) is 19.9 Å². The highest BCUT2D eigenvalue weighted by molar-refractivity contribution is 5.75. The number of Topliss-reactive ketones (excluding diaryl/α,β-unsaturated/α-hetero) is 1. The van der Waals surface area contributed by atoms with Crippen molar-refractivity contribution in [3.05, 3.63) is 11.6 Å². The molecular weight excluding hydrogens is 136 g/mol. The third-order valence-corrected chi connectivity index (χ3v) is 1.78. The summed E-state index contributed by atoms with van der Waals surface area (Å²) in [6.45, 7) is 5.93. The van der Waals surface area contributed by atoms with Gasteiger partial charge in [0.25, 0.3) is 0 Å². The smallest absolute Gasteiger partial charge is 0.129 e. The van der Waals surface area contributed by atoms with Crippen LogP contribution in [0.15, 0.2) is 11.6 Å². The standard InChI is InChI=1S/C10H18O/c1-4-9(2)7-5-6-8-10(3)11/h7H,4-6,8H2,1-3H3. The minimum absolute atomic E-state index is 0.299. The molecule has 0 rings (SSSR count). The SMILES string of the molecule is CCC(C)=CCCCC(C)=O. The van der Waals surface area contributed by atoms with Crippen LogP contribution in [0.3, 0.4) is 0 Å². The minimum Gasteiger partial charge on any atom is -0.300 e. The normalized spacial score (nSPS) is 11.7. The molecule has 0 heterocycles. The summed E-state index contributed by atoms with van der Waals surface area (Å²) >= 11 is 0. The van der Waals surface area contributed by atoms with Crippen LogP contribution in [0.1, 0.15) is 46.5 Å². The number of allylic oxidation sites excluding steroid dienone is 2. The van der Waals surface area contributed by atoms with Crippen molar-refractivity contribution in [1.29, 1.82) is 0 Å². The second-order valence-corrected chi connectivity index (χ2v) is 3.00. The van der Waals surface area contributed by atoms with Gasteiger partial charge in [0.15, 0.2) is 0 Å². The fourth-order valence-corrected chi connectivity index (χ4v) is 0.844. The van der Waals surface area contributed by atoms with Crippen molar-refractivity contribution in [3.63, 3.8) is 0 Å². The van der Waals surface area contributed by atoms with Gasteiger partial charge in [-0.2, -0.15) is 0 Å². The van der Waals surface area contributed by atoms with Gasteiger partial charge in [-0.1, -0.05) is 18.6 Å². The van der Waals surface area contributed by atoms with Crippen LogP contribution in [0, 0.1) is 0 Å². The molecule has 0 spiro atoms. The van der Waals surface area contributed by atoms with E-state index in [9.17, 15) is 4.79 Å². The molecule has 0 aliphatic rings. The average molecular weight is 154 g/mol. The average Bonchev–Trinajstić information content (AvgIpc) is 1.97. The van der Waals surface area contributed by atoms with Gasteiger partial charge in [0, 0.05) is 6.42 Å². The Labute approximate surface area is 69.5 Å². The van der Waals surface area contributed by atoms with E-state index in [1.807, 2.05) is 0 Å². The van der Waals surface area contributed by atoms with E-state index in [0.717, 1.165) is 25.7 Å². The van der Waals surface area contributed by atoms with Crippen molar-refractivity contribution in [2.45, 2.75) is 46.5 Å². The number of unbranched alkanes of at least 4 members (excludes halogenated alkanes) is 1. The van der Waals surface area contributed by atoms with Crippen LogP contribution in [-0.2, 0) is 4.79 Å². The Morgan fingerprint density at radius 2 is 2.00 bits per heavy atom. The van der Waals surface area contributed by atoms with Gasteiger partial charge in [-0.25, -0.2) is 0 Å². The second-order valence-electron chi connectivity index (χ2n) is 3.00. The topological polar surface area (TPSA) is 17.1 Å². The molecular formula is C10H18O. The van der Waals surface area contributed by atoms with E-state index in [1.165, 1.54) is 5.57 Å². The lowest BCUT2D eigenvalue weighted by Gasteiger charge is -1.95. The summed E-state index contributed by atoms with van der Waals surface area (Å²) in [7, 11) is 0. The Morgan fingerprint density at radius 3 is 2.45 bits per heavy atom. The summed E-state index contributed by atoms with van der Waals surface area (Å²) in [6.07, 6.45) is 6.14. The lowest BCUT2D eigenvalue weighted by atomic mass is 10.1. The molecule has 0 aromatic carbocycles.